The lowest BCUT2D eigenvalue weighted by Gasteiger charge is -2.32. The van der Waals surface area contributed by atoms with Gasteiger partial charge in [0.1, 0.15) is 4.88 Å². The number of ether oxygens (including phenoxy) is 1. The van der Waals surface area contributed by atoms with Gasteiger partial charge in [-0.05, 0) is 67.6 Å². The molecule has 1 atom stereocenters. The Labute approximate surface area is 183 Å². The zero-order valence-electron chi connectivity index (χ0n) is 17.8. The molecule has 1 aromatic carbocycles. The number of hydrogen-bond donors (Lipinski definition) is 0. The van der Waals surface area contributed by atoms with Gasteiger partial charge < -0.3 is 9.64 Å². The molecule has 1 fully saturated rings. The lowest BCUT2D eigenvalue weighted by molar-refractivity contribution is -0.135. The highest BCUT2D eigenvalue weighted by Crippen LogP contribution is 2.33. The summed E-state index contributed by atoms with van der Waals surface area (Å²) in [5.41, 5.74) is 2.66. The van der Waals surface area contributed by atoms with E-state index >= 15 is 0 Å². The largest absolute Gasteiger partial charge is 0.451 e. The van der Waals surface area contributed by atoms with Gasteiger partial charge in [-0.15, -0.1) is 11.3 Å². The quantitative estimate of drug-likeness (QED) is 0.619. The lowest BCUT2D eigenvalue weighted by atomic mass is 9.87. The Balaban J connectivity index is 1.22. The van der Waals surface area contributed by atoms with Crippen LogP contribution in [-0.4, -0.2) is 36.5 Å². The molecular weight excluding hydrogens is 394 g/mol. The van der Waals surface area contributed by atoms with E-state index in [0.717, 1.165) is 51.1 Å². The number of rotatable bonds is 6. The summed E-state index contributed by atoms with van der Waals surface area (Å²) >= 11 is 1.54. The Morgan fingerprint density at radius 2 is 1.87 bits per heavy atom. The van der Waals surface area contributed by atoms with E-state index in [1.807, 2.05) is 17.0 Å². The van der Waals surface area contributed by atoms with Crippen molar-refractivity contribution >= 4 is 23.2 Å². The molecule has 0 spiro atoms. The van der Waals surface area contributed by atoms with Gasteiger partial charge in [-0.3, -0.25) is 4.79 Å². The molecule has 1 saturated heterocycles. The maximum absolute atomic E-state index is 12.5. The van der Waals surface area contributed by atoms with E-state index in [4.69, 9.17) is 4.74 Å². The Kier molecular flexibility index (Phi) is 6.88. The molecule has 4 nitrogen and oxygen atoms in total. The molecule has 5 heteroatoms. The normalized spacial score (nSPS) is 19.4. The van der Waals surface area contributed by atoms with Crippen molar-refractivity contribution in [3.8, 4) is 0 Å². The van der Waals surface area contributed by atoms with Crippen molar-refractivity contribution in [2.75, 3.05) is 19.7 Å². The smallest absolute Gasteiger partial charge is 0.348 e. The Morgan fingerprint density at radius 1 is 1.10 bits per heavy atom. The van der Waals surface area contributed by atoms with Crippen LogP contribution >= 0.6 is 11.3 Å². The average molecular weight is 426 g/mol. The third kappa shape index (κ3) is 5.12. The van der Waals surface area contributed by atoms with Crippen molar-refractivity contribution in [2.45, 2.75) is 51.9 Å². The van der Waals surface area contributed by atoms with Gasteiger partial charge >= 0.3 is 5.97 Å². The summed E-state index contributed by atoms with van der Waals surface area (Å²) in [4.78, 5) is 28.8. The summed E-state index contributed by atoms with van der Waals surface area (Å²) in [6.45, 7) is 3.58. The molecule has 1 aliphatic heterocycles. The number of carbonyl (C=O) groups excluding carboxylic acids is 2. The fraction of sp³-hybridized carbons (Fsp3) is 0.520. The molecule has 0 saturated carbocycles. The van der Waals surface area contributed by atoms with E-state index in [9.17, 15) is 9.59 Å². The van der Waals surface area contributed by atoms with Gasteiger partial charge in [0, 0.05) is 18.0 Å². The monoisotopic (exact) mass is 425 g/mol. The number of aryl methyl sites for hydroxylation is 1. The van der Waals surface area contributed by atoms with Crippen LogP contribution in [0.4, 0.5) is 0 Å². The summed E-state index contributed by atoms with van der Waals surface area (Å²) in [6.07, 6.45) is 7.59. The molecule has 0 N–H and O–H groups in total. The number of fused-ring (bicyclic) bond motifs is 1. The summed E-state index contributed by atoms with van der Waals surface area (Å²) in [6, 6.07) is 12.5. The highest BCUT2D eigenvalue weighted by molar-refractivity contribution is 7.14. The third-order valence-electron chi connectivity index (χ3n) is 6.62. The summed E-state index contributed by atoms with van der Waals surface area (Å²) in [5.74, 6) is 0.911. The number of thiophene rings is 1. The van der Waals surface area contributed by atoms with Crippen LogP contribution in [0.1, 0.15) is 58.3 Å². The molecule has 2 heterocycles. The van der Waals surface area contributed by atoms with Crippen LogP contribution < -0.4 is 0 Å². The number of hydrogen-bond acceptors (Lipinski definition) is 4. The number of likely N-dealkylation sites (tertiary alicyclic amines) is 1. The minimum atomic E-state index is -0.352. The molecule has 2 aliphatic rings. The Morgan fingerprint density at radius 3 is 2.60 bits per heavy atom. The highest BCUT2D eigenvalue weighted by atomic mass is 32.1. The van der Waals surface area contributed by atoms with E-state index in [1.165, 1.54) is 28.8 Å². The molecule has 0 unspecified atom stereocenters. The maximum atomic E-state index is 12.5. The second-order valence-electron chi connectivity index (χ2n) is 8.67. The van der Waals surface area contributed by atoms with Crippen LogP contribution in [0.2, 0.25) is 0 Å². The number of carbonyl (C=O) groups is 2. The lowest BCUT2D eigenvalue weighted by Crippen LogP contribution is -2.41. The van der Waals surface area contributed by atoms with Gasteiger partial charge in [0.25, 0.3) is 5.91 Å². The zero-order chi connectivity index (χ0) is 20.9. The summed E-state index contributed by atoms with van der Waals surface area (Å²) in [7, 11) is 0. The minimum absolute atomic E-state index is 0.0751. The van der Waals surface area contributed by atoms with Crippen molar-refractivity contribution < 1.29 is 14.3 Å². The molecule has 160 valence electrons. The van der Waals surface area contributed by atoms with Crippen LogP contribution in [0, 0.1) is 11.8 Å². The predicted octanol–water partition coefficient (Wildman–Crippen LogP) is 4.90. The van der Waals surface area contributed by atoms with E-state index in [-0.39, 0.29) is 18.5 Å². The molecule has 2 aromatic rings. The third-order valence-corrected chi connectivity index (χ3v) is 7.84. The predicted molar refractivity (Wildman–Crippen MR) is 120 cm³/mol. The van der Waals surface area contributed by atoms with Gasteiger partial charge in [-0.2, -0.15) is 0 Å². The van der Waals surface area contributed by atoms with Crippen molar-refractivity contribution in [2.24, 2.45) is 11.8 Å². The Hall–Kier alpha value is -2.14. The highest BCUT2D eigenvalue weighted by Gasteiger charge is 2.25. The fourth-order valence-corrected chi connectivity index (χ4v) is 5.77. The van der Waals surface area contributed by atoms with Crippen LogP contribution in [0.5, 0.6) is 0 Å². The fourth-order valence-electron chi connectivity index (χ4n) is 4.67. The molecule has 1 amide bonds. The van der Waals surface area contributed by atoms with E-state index in [0.29, 0.717) is 10.8 Å². The zero-order valence-corrected chi connectivity index (χ0v) is 18.6. The SMILES string of the molecule is CC[C@@H]1CCc2sc(C(=O)OCC(=O)N3CCC(Cc4ccccc4)CC3)cc2C1. The first kappa shape index (κ1) is 21.1. The van der Waals surface area contributed by atoms with Crippen LogP contribution in [0.3, 0.4) is 0 Å². The van der Waals surface area contributed by atoms with E-state index < -0.39 is 0 Å². The van der Waals surface area contributed by atoms with Gasteiger partial charge in [0.2, 0.25) is 0 Å². The minimum Gasteiger partial charge on any atom is -0.451 e. The number of piperidine rings is 1. The Bertz CT molecular complexity index is 868. The van der Waals surface area contributed by atoms with Crippen LogP contribution in [0.25, 0.3) is 0 Å². The van der Waals surface area contributed by atoms with Crippen molar-refractivity contribution in [1.82, 2.24) is 4.90 Å². The van der Waals surface area contributed by atoms with Gasteiger partial charge in [-0.1, -0.05) is 43.7 Å². The number of amides is 1. The second kappa shape index (κ2) is 9.78. The number of nitrogens with zero attached hydrogens (tertiary/aromatic N) is 1. The molecule has 30 heavy (non-hydrogen) atoms. The van der Waals surface area contributed by atoms with Crippen molar-refractivity contribution in [1.29, 1.82) is 0 Å². The molecule has 0 radical (unpaired) electrons. The first-order valence-corrected chi connectivity index (χ1v) is 12.0. The second-order valence-corrected chi connectivity index (χ2v) is 9.80. The van der Waals surface area contributed by atoms with Crippen LogP contribution in [0.15, 0.2) is 36.4 Å². The van der Waals surface area contributed by atoms with Gasteiger partial charge in [0.05, 0.1) is 0 Å². The molecule has 1 aromatic heterocycles. The molecular formula is C25H31NO3S. The first-order chi connectivity index (χ1) is 14.6. The summed E-state index contributed by atoms with van der Waals surface area (Å²) < 4.78 is 5.38. The topological polar surface area (TPSA) is 46.6 Å². The standard InChI is InChI=1S/C25H31NO3S/c1-2-18-8-9-22-21(15-18)16-23(30-22)25(28)29-17-24(27)26-12-10-20(11-13-26)14-19-6-4-3-5-7-19/h3-7,16,18,20H,2,8-15,17H2,1H3/t18-/m1/s1. The van der Waals surface area contributed by atoms with Crippen LogP contribution in [-0.2, 0) is 28.8 Å². The molecule has 0 bridgehead atoms. The maximum Gasteiger partial charge on any atom is 0.348 e. The molecule has 1 aliphatic carbocycles. The number of benzene rings is 1. The van der Waals surface area contributed by atoms with Gasteiger partial charge in [-0.25, -0.2) is 4.79 Å². The number of esters is 1. The first-order valence-electron chi connectivity index (χ1n) is 11.2. The van der Waals surface area contributed by atoms with Gasteiger partial charge in [0.15, 0.2) is 6.61 Å². The van der Waals surface area contributed by atoms with Crippen molar-refractivity contribution in [3.63, 3.8) is 0 Å². The average Bonchev–Trinajstić information content (AvgIpc) is 3.22. The summed E-state index contributed by atoms with van der Waals surface area (Å²) in [5, 5.41) is 0. The van der Waals surface area contributed by atoms with E-state index in [2.05, 4.69) is 31.2 Å². The molecule has 4 rings (SSSR count). The van der Waals surface area contributed by atoms with Crippen molar-refractivity contribution in [3.05, 3.63) is 57.3 Å². The van der Waals surface area contributed by atoms with E-state index in [1.54, 1.807) is 11.3 Å².